The number of anilines is 1. The summed E-state index contributed by atoms with van der Waals surface area (Å²) in [4.78, 5) is 14.5. The molecule has 0 fully saturated rings. The molecule has 0 aliphatic rings. The quantitative estimate of drug-likeness (QED) is 0.822. The van der Waals surface area contributed by atoms with Gasteiger partial charge in [-0.15, -0.1) is 0 Å². The molecular weight excluding hydrogens is 250 g/mol. The maximum absolute atomic E-state index is 11.6. The Morgan fingerprint density at radius 3 is 2.81 bits per heavy atom. The van der Waals surface area contributed by atoms with Crippen LogP contribution in [0.25, 0.3) is 0 Å². The zero-order valence-corrected chi connectivity index (χ0v) is 10.6. The Morgan fingerprint density at radius 1 is 1.56 bits per heavy atom. The predicted octanol–water partition coefficient (Wildman–Crippen LogP) is 0.790. The summed E-state index contributed by atoms with van der Waals surface area (Å²) in [7, 11) is -3.48. The van der Waals surface area contributed by atoms with Crippen molar-refractivity contribution < 1.29 is 13.2 Å². The highest BCUT2D eigenvalue weighted by Crippen LogP contribution is 2.22. The third-order valence-electron chi connectivity index (χ3n) is 1.57. The maximum atomic E-state index is 11.6. The summed E-state index contributed by atoms with van der Waals surface area (Å²) in [6, 6.07) is 0. The molecule has 0 aliphatic heterocycles. The van der Waals surface area contributed by atoms with Gasteiger partial charge in [0.05, 0.1) is 6.20 Å². The van der Waals surface area contributed by atoms with E-state index in [2.05, 4.69) is 15.0 Å². The van der Waals surface area contributed by atoms with E-state index in [0.717, 1.165) is 17.8 Å². The highest BCUT2D eigenvalue weighted by Gasteiger charge is 2.17. The van der Waals surface area contributed by atoms with E-state index in [9.17, 15) is 13.2 Å². The largest absolute Gasteiger partial charge is 0.302 e. The Labute approximate surface area is 98.1 Å². The lowest BCUT2D eigenvalue weighted by Gasteiger charge is -2.00. The number of carbonyl (C=O) groups is 1. The fourth-order valence-electron chi connectivity index (χ4n) is 0.899. The second-order valence-corrected chi connectivity index (χ2v) is 6.09. The monoisotopic (exact) mass is 263 g/mol. The summed E-state index contributed by atoms with van der Waals surface area (Å²) < 4.78 is 25.8. The SMILES string of the molecule is CCCNS(=O)(=O)c1cnc(NC(C)=O)s1. The average Bonchev–Trinajstić information content (AvgIpc) is 2.63. The molecule has 1 amide bonds. The average molecular weight is 263 g/mol. The van der Waals surface area contributed by atoms with E-state index in [1.807, 2.05) is 6.92 Å². The molecule has 0 atom stereocenters. The molecule has 2 N–H and O–H groups in total. The Bertz CT molecular complexity index is 467. The number of sulfonamides is 1. The van der Waals surface area contributed by atoms with Gasteiger partial charge in [0, 0.05) is 13.5 Å². The van der Waals surface area contributed by atoms with Gasteiger partial charge in [0.1, 0.15) is 0 Å². The molecule has 1 aromatic rings. The number of nitrogens with one attached hydrogen (secondary N) is 2. The van der Waals surface area contributed by atoms with Crippen LogP contribution in [-0.2, 0) is 14.8 Å². The Morgan fingerprint density at radius 2 is 2.25 bits per heavy atom. The van der Waals surface area contributed by atoms with Crippen LogP contribution in [0.5, 0.6) is 0 Å². The Balaban J connectivity index is 2.80. The standard InChI is InChI=1S/C8H13N3O3S2/c1-3-4-10-16(13,14)7-5-9-8(15-7)11-6(2)12/h5,10H,3-4H2,1-2H3,(H,9,11,12). The molecule has 1 heterocycles. The highest BCUT2D eigenvalue weighted by atomic mass is 32.2. The van der Waals surface area contributed by atoms with Crippen molar-refractivity contribution in [2.45, 2.75) is 24.5 Å². The van der Waals surface area contributed by atoms with Crippen molar-refractivity contribution in [3.63, 3.8) is 0 Å². The summed E-state index contributed by atoms with van der Waals surface area (Å²) in [6.07, 6.45) is 1.95. The molecule has 0 saturated heterocycles. The van der Waals surface area contributed by atoms with Gasteiger partial charge in [-0.1, -0.05) is 18.3 Å². The lowest BCUT2D eigenvalue weighted by atomic mass is 10.5. The second kappa shape index (κ2) is 5.37. The lowest BCUT2D eigenvalue weighted by molar-refractivity contribution is -0.114. The van der Waals surface area contributed by atoms with Gasteiger partial charge in [-0.25, -0.2) is 18.1 Å². The van der Waals surface area contributed by atoms with Gasteiger partial charge in [0.25, 0.3) is 10.0 Å². The lowest BCUT2D eigenvalue weighted by Crippen LogP contribution is -2.23. The van der Waals surface area contributed by atoms with Crippen molar-refractivity contribution in [1.29, 1.82) is 0 Å². The smallest absolute Gasteiger partial charge is 0.251 e. The van der Waals surface area contributed by atoms with E-state index in [4.69, 9.17) is 0 Å². The van der Waals surface area contributed by atoms with E-state index >= 15 is 0 Å². The van der Waals surface area contributed by atoms with Crippen molar-refractivity contribution in [3.05, 3.63) is 6.20 Å². The van der Waals surface area contributed by atoms with Crippen LogP contribution in [0, 0.1) is 0 Å². The van der Waals surface area contributed by atoms with Crippen LogP contribution < -0.4 is 10.0 Å². The first-order valence-corrected chi connectivity index (χ1v) is 6.98. The molecule has 0 unspecified atom stereocenters. The topological polar surface area (TPSA) is 88.2 Å². The Hall–Kier alpha value is -0.990. The molecule has 8 heteroatoms. The predicted molar refractivity (Wildman–Crippen MR) is 61.9 cm³/mol. The van der Waals surface area contributed by atoms with Gasteiger partial charge in [-0.2, -0.15) is 0 Å². The van der Waals surface area contributed by atoms with Gasteiger partial charge >= 0.3 is 0 Å². The number of rotatable bonds is 5. The number of carbonyl (C=O) groups excluding carboxylic acids is 1. The van der Waals surface area contributed by atoms with E-state index < -0.39 is 10.0 Å². The zero-order chi connectivity index (χ0) is 12.2. The number of thiazole rings is 1. The zero-order valence-electron chi connectivity index (χ0n) is 8.98. The van der Waals surface area contributed by atoms with E-state index in [1.165, 1.54) is 13.1 Å². The fourth-order valence-corrected chi connectivity index (χ4v) is 3.15. The molecule has 1 rings (SSSR count). The Kier molecular flexibility index (Phi) is 4.39. The van der Waals surface area contributed by atoms with Crippen LogP contribution in [0.4, 0.5) is 5.13 Å². The van der Waals surface area contributed by atoms with Crippen LogP contribution in [0.3, 0.4) is 0 Å². The van der Waals surface area contributed by atoms with Crippen LogP contribution in [0.2, 0.25) is 0 Å². The van der Waals surface area contributed by atoms with Gasteiger partial charge in [0.15, 0.2) is 9.34 Å². The van der Waals surface area contributed by atoms with Crippen LogP contribution in [-0.4, -0.2) is 25.9 Å². The van der Waals surface area contributed by atoms with E-state index in [-0.39, 0.29) is 15.2 Å². The number of nitrogens with zero attached hydrogens (tertiary/aromatic N) is 1. The van der Waals surface area contributed by atoms with Crippen LogP contribution in [0.1, 0.15) is 20.3 Å². The molecule has 0 aliphatic carbocycles. The number of aromatic nitrogens is 1. The van der Waals surface area contributed by atoms with Gasteiger partial charge in [-0.05, 0) is 6.42 Å². The minimum Gasteiger partial charge on any atom is -0.302 e. The summed E-state index contributed by atoms with van der Waals surface area (Å²) in [5, 5.41) is 2.71. The normalized spacial score (nSPS) is 11.4. The maximum Gasteiger partial charge on any atom is 0.251 e. The summed E-state index contributed by atoms with van der Waals surface area (Å²) in [6.45, 7) is 3.60. The molecule has 0 radical (unpaired) electrons. The molecule has 0 aromatic carbocycles. The third kappa shape index (κ3) is 3.54. The molecule has 16 heavy (non-hydrogen) atoms. The molecule has 1 aromatic heterocycles. The molecule has 90 valence electrons. The molecular formula is C8H13N3O3S2. The van der Waals surface area contributed by atoms with Crippen molar-refractivity contribution in [3.8, 4) is 0 Å². The van der Waals surface area contributed by atoms with Crippen molar-refractivity contribution in [2.24, 2.45) is 0 Å². The number of hydrogen-bond donors (Lipinski definition) is 2. The van der Waals surface area contributed by atoms with Crippen LogP contribution in [0.15, 0.2) is 10.4 Å². The summed E-state index contributed by atoms with van der Waals surface area (Å²) >= 11 is 0.925. The van der Waals surface area contributed by atoms with E-state index in [1.54, 1.807) is 0 Å². The fraction of sp³-hybridized carbons (Fsp3) is 0.500. The highest BCUT2D eigenvalue weighted by molar-refractivity contribution is 7.91. The molecule has 0 spiro atoms. The minimum absolute atomic E-state index is 0.102. The van der Waals surface area contributed by atoms with Crippen molar-refractivity contribution in [1.82, 2.24) is 9.71 Å². The van der Waals surface area contributed by atoms with Crippen molar-refractivity contribution in [2.75, 3.05) is 11.9 Å². The molecule has 0 bridgehead atoms. The van der Waals surface area contributed by atoms with E-state index in [0.29, 0.717) is 6.54 Å². The summed E-state index contributed by atoms with van der Waals surface area (Å²) in [5.74, 6) is -0.278. The first-order valence-electron chi connectivity index (χ1n) is 4.69. The molecule has 6 nitrogen and oxygen atoms in total. The summed E-state index contributed by atoms with van der Waals surface area (Å²) in [5.41, 5.74) is 0. The second-order valence-electron chi connectivity index (χ2n) is 3.06. The van der Waals surface area contributed by atoms with Gasteiger partial charge in [-0.3, -0.25) is 4.79 Å². The number of hydrogen-bond acceptors (Lipinski definition) is 5. The minimum atomic E-state index is -3.48. The van der Waals surface area contributed by atoms with Crippen molar-refractivity contribution >= 4 is 32.4 Å². The number of amides is 1. The van der Waals surface area contributed by atoms with Gasteiger partial charge in [0.2, 0.25) is 5.91 Å². The third-order valence-corrected chi connectivity index (χ3v) is 4.41. The first kappa shape index (κ1) is 13.1. The molecule has 0 saturated carbocycles. The first-order chi connectivity index (χ1) is 7.45. The van der Waals surface area contributed by atoms with Gasteiger partial charge < -0.3 is 5.32 Å². The van der Waals surface area contributed by atoms with Crippen LogP contribution >= 0.6 is 11.3 Å².